The maximum atomic E-state index is 12.2. The van der Waals surface area contributed by atoms with Crippen molar-refractivity contribution in [3.05, 3.63) is 46.0 Å². The summed E-state index contributed by atoms with van der Waals surface area (Å²) in [5, 5.41) is 12.5. The van der Waals surface area contributed by atoms with E-state index in [-0.39, 0.29) is 10.6 Å². The summed E-state index contributed by atoms with van der Waals surface area (Å²) in [6, 6.07) is 5.50. The lowest BCUT2D eigenvalue weighted by Gasteiger charge is -2.18. The van der Waals surface area contributed by atoms with E-state index in [9.17, 15) is 14.5 Å². The number of carbonyl (C=O) groups is 1. The maximum absolute atomic E-state index is 12.2. The topological polar surface area (TPSA) is 106 Å². The smallest absolute Gasteiger partial charge is 0.439 e. The van der Waals surface area contributed by atoms with Gasteiger partial charge >= 0.3 is 17.5 Å². The quantitative estimate of drug-likeness (QED) is 0.845. The number of carbonyl (C=O) groups excluding carboxylic acids is 1. The molecule has 22 heavy (non-hydrogen) atoms. The first-order valence-corrected chi connectivity index (χ1v) is 6.35. The molecule has 0 aliphatic heterocycles. The van der Waals surface area contributed by atoms with Gasteiger partial charge in [-0.15, -0.1) is 9.78 Å². The summed E-state index contributed by atoms with van der Waals surface area (Å²) in [6.07, 6.45) is 0.281. The van der Waals surface area contributed by atoms with Gasteiger partial charge in [-0.25, -0.2) is 19.4 Å². The Morgan fingerprint density at radius 1 is 1.27 bits per heavy atom. The minimum absolute atomic E-state index is 0.0105. The number of hydrogen-bond donors (Lipinski definition) is 1. The number of aromatic nitrogens is 3. The lowest BCUT2D eigenvalue weighted by Crippen LogP contribution is -2.34. The number of ether oxygens (including phenoxy) is 1. The molecule has 1 aromatic carbocycles. The average molecular weight is 307 g/mol. The van der Waals surface area contributed by atoms with Gasteiger partial charge in [-0.05, 0) is 32.9 Å². The molecule has 9 heteroatoms. The SMILES string of the molecule is CC(C)(C)OC(=O)n1ncn(-c2ccc([N+](=O)O)cc2)c1=O. The Balaban J connectivity index is 2.33. The van der Waals surface area contributed by atoms with Crippen LogP contribution in [0.1, 0.15) is 20.8 Å². The van der Waals surface area contributed by atoms with Crippen molar-refractivity contribution in [3.63, 3.8) is 0 Å². The van der Waals surface area contributed by atoms with Crippen molar-refractivity contribution in [2.45, 2.75) is 26.4 Å². The lowest BCUT2D eigenvalue weighted by molar-refractivity contribution is -0.729. The monoisotopic (exact) mass is 307 g/mol. The van der Waals surface area contributed by atoms with Crippen LogP contribution in [-0.4, -0.2) is 36.2 Å². The molecule has 9 nitrogen and oxygen atoms in total. The standard InChI is InChI=1S/C13H15N4O5/c1-13(2,3)22-12(19)16-11(18)15(8-14-16)9-4-6-10(7-5-9)17(20)21/h4-8H,1-3H3,(H,20,21)/q+1. The first kappa shape index (κ1) is 15.4. The predicted octanol–water partition coefficient (Wildman–Crippen LogP) is 1.62. The Labute approximate surface area is 124 Å². The first-order valence-electron chi connectivity index (χ1n) is 6.35. The summed E-state index contributed by atoms with van der Waals surface area (Å²) in [5.41, 5.74) is -1.06. The van der Waals surface area contributed by atoms with E-state index in [1.165, 1.54) is 24.3 Å². The highest BCUT2D eigenvalue weighted by Gasteiger charge is 2.21. The lowest BCUT2D eigenvalue weighted by atomic mass is 10.2. The van der Waals surface area contributed by atoms with Crippen LogP contribution in [0.25, 0.3) is 5.69 Å². The molecule has 1 heterocycles. The molecule has 0 spiro atoms. The molecule has 0 saturated heterocycles. The van der Waals surface area contributed by atoms with Crippen molar-refractivity contribution in [1.29, 1.82) is 0 Å². The molecule has 0 bridgehead atoms. The molecule has 0 unspecified atom stereocenters. The van der Waals surface area contributed by atoms with Crippen LogP contribution >= 0.6 is 0 Å². The normalized spacial score (nSPS) is 11.2. The zero-order valence-electron chi connectivity index (χ0n) is 12.3. The second kappa shape index (κ2) is 5.43. The van der Waals surface area contributed by atoms with Crippen molar-refractivity contribution in [2.75, 3.05) is 0 Å². The van der Waals surface area contributed by atoms with Gasteiger partial charge in [0.25, 0.3) is 4.92 Å². The minimum Gasteiger partial charge on any atom is -0.442 e. The third kappa shape index (κ3) is 3.19. The van der Waals surface area contributed by atoms with Crippen LogP contribution in [0.4, 0.5) is 10.5 Å². The highest BCUT2D eigenvalue weighted by Crippen LogP contribution is 2.13. The summed E-state index contributed by atoms with van der Waals surface area (Å²) in [5.74, 6) is 0. The minimum atomic E-state index is -0.881. The highest BCUT2D eigenvalue weighted by atomic mass is 16.6. The van der Waals surface area contributed by atoms with Gasteiger partial charge in [0.1, 0.15) is 11.9 Å². The summed E-state index contributed by atoms with van der Waals surface area (Å²) >= 11 is 0. The highest BCUT2D eigenvalue weighted by molar-refractivity contribution is 5.69. The molecule has 0 aliphatic rings. The summed E-state index contributed by atoms with van der Waals surface area (Å²) < 4.78 is 6.79. The zero-order valence-corrected chi connectivity index (χ0v) is 12.3. The number of benzene rings is 1. The van der Waals surface area contributed by atoms with Crippen molar-refractivity contribution in [3.8, 4) is 5.69 Å². The van der Waals surface area contributed by atoms with Crippen molar-refractivity contribution >= 4 is 11.8 Å². The molecule has 2 aromatic rings. The third-order valence-electron chi connectivity index (χ3n) is 2.59. The largest absolute Gasteiger partial charge is 0.442 e. The third-order valence-corrected chi connectivity index (χ3v) is 2.59. The molecule has 116 valence electrons. The van der Waals surface area contributed by atoms with Crippen LogP contribution in [0.2, 0.25) is 0 Å². The molecule has 0 atom stereocenters. The average Bonchev–Trinajstić information content (AvgIpc) is 2.79. The first-order chi connectivity index (χ1) is 10.2. The molecule has 1 aromatic heterocycles. The van der Waals surface area contributed by atoms with E-state index in [1.807, 2.05) is 0 Å². The Kier molecular flexibility index (Phi) is 3.81. The Bertz CT molecular complexity index is 767. The van der Waals surface area contributed by atoms with Gasteiger partial charge in [0.05, 0.1) is 10.6 Å². The fourth-order valence-electron chi connectivity index (χ4n) is 1.65. The Morgan fingerprint density at radius 3 is 2.36 bits per heavy atom. The fraction of sp³-hybridized carbons (Fsp3) is 0.308. The molecule has 2 rings (SSSR count). The number of rotatable bonds is 2. The van der Waals surface area contributed by atoms with E-state index in [0.29, 0.717) is 10.4 Å². The predicted molar refractivity (Wildman–Crippen MR) is 74.5 cm³/mol. The molecule has 0 fully saturated rings. The molecule has 0 saturated carbocycles. The molecular formula is C13H15N4O5+. The van der Waals surface area contributed by atoms with Crippen LogP contribution in [-0.2, 0) is 4.74 Å². The molecular weight excluding hydrogens is 292 g/mol. The Morgan fingerprint density at radius 2 is 1.86 bits per heavy atom. The number of nitrogens with zero attached hydrogens (tertiary/aromatic N) is 4. The van der Waals surface area contributed by atoms with Crippen molar-refractivity contribution in [1.82, 2.24) is 14.3 Å². The van der Waals surface area contributed by atoms with Gasteiger partial charge in [0.2, 0.25) is 0 Å². The summed E-state index contributed by atoms with van der Waals surface area (Å²) in [7, 11) is 0. The Hall–Kier alpha value is -2.97. The van der Waals surface area contributed by atoms with E-state index in [2.05, 4.69) is 5.10 Å². The zero-order chi connectivity index (χ0) is 16.5. The van der Waals surface area contributed by atoms with E-state index in [1.54, 1.807) is 20.8 Å². The fourth-order valence-corrected chi connectivity index (χ4v) is 1.65. The summed E-state index contributed by atoms with van der Waals surface area (Å²) in [6.45, 7) is 5.03. The van der Waals surface area contributed by atoms with Crippen LogP contribution in [0.3, 0.4) is 0 Å². The van der Waals surface area contributed by atoms with Gasteiger partial charge in [-0.1, -0.05) is 0 Å². The molecule has 0 radical (unpaired) electrons. The molecule has 0 amide bonds. The van der Waals surface area contributed by atoms with Gasteiger partial charge in [0.15, 0.2) is 0 Å². The van der Waals surface area contributed by atoms with Gasteiger partial charge in [0, 0.05) is 12.1 Å². The second-order valence-corrected chi connectivity index (χ2v) is 5.46. The van der Waals surface area contributed by atoms with Crippen LogP contribution < -0.4 is 5.69 Å². The maximum Gasteiger partial charge on any atom is 0.439 e. The summed E-state index contributed by atoms with van der Waals surface area (Å²) in [4.78, 5) is 34.4. The van der Waals surface area contributed by atoms with Crippen molar-refractivity contribution < 1.29 is 19.7 Å². The molecule has 1 N–H and O–H groups in total. The van der Waals surface area contributed by atoms with E-state index in [0.717, 1.165) is 10.9 Å². The number of hydrogen-bond acceptors (Lipinski definition) is 5. The van der Waals surface area contributed by atoms with Crippen LogP contribution in [0.5, 0.6) is 0 Å². The van der Waals surface area contributed by atoms with Gasteiger partial charge in [-0.3, -0.25) is 0 Å². The van der Waals surface area contributed by atoms with Crippen molar-refractivity contribution in [2.24, 2.45) is 0 Å². The second-order valence-electron chi connectivity index (χ2n) is 5.46. The van der Waals surface area contributed by atoms with Gasteiger partial charge in [-0.2, -0.15) is 0 Å². The van der Waals surface area contributed by atoms with Crippen LogP contribution in [0, 0.1) is 4.91 Å². The van der Waals surface area contributed by atoms with E-state index >= 15 is 0 Å². The van der Waals surface area contributed by atoms with E-state index in [4.69, 9.17) is 9.94 Å². The van der Waals surface area contributed by atoms with Gasteiger partial charge < -0.3 is 4.74 Å². The van der Waals surface area contributed by atoms with E-state index < -0.39 is 17.4 Å². The molecule has 0 aliphatic carbocycles. The van der Waals surface area contributed by atoms with Crippen LogP contribution in [0.15, 0.2) is 35.4 Å².